The molecule has 1 N–H and O–H groups in total. The topological polar surface area (TPSA) is 63.9 Å². The molecule has 0 radical (unpaired) electrons. The van der Waals surface area contributed by atoms with Gasteiger partial charge in [-0.1, -0.05) is 13.0 Å². The molecule has 8 heteroatoms. The average molecular weight is 556 g/mol. The molecule has 2 aromatic rings. The van der Waals surface area contributed by atoms with E-state index < -0.39 is 0 Å². The number of guanidine groups is 1. The minimum Gasteiger partial charge on any atom is -0.490 e. The summed E-state index contributed by atoms with van der Waals surface area (Å²) in [5.74, 6) is 3.23. The standard InChI is InChI=1S/C24H37N5O2.HI/c1-5-26-24(28-14-11-19(4)21(17-28)29-15-13-25-18-29)27-12-10-20-8-9-22(30-6-2)23(16-20)31-7-3;/h8-9,13,15-16,18-19,21H,5-7,10-12,14,17H2,1-4H3,(H,26,27);1H. The lowest BCUT2D eigenvalue weighted by Gasteiger charge is -2.39. The number of hydrogen-bond acceptors (Lipinski definition) is 4. The van der Waals surface area contributed by atoms with Crippen LogP contribution in [0.5, 0.6) is 11.5 Å². The first-order valence-electron chi connectivity index (χ1n) is 11.5. The zero-order valence-corrected chi connectivity index (χ0v) is 22.1. The smallest absolute Gasteiger partial charge is 0.193 e. The third-order valence-corrected chi connectivity index (χ3v) is 5.73. The highest BCUT2D eigenvalue weighted by atomic mass is 127. The maximum Gasteiger partial charge on any atom is 0.193 e. The van der Waals surface area contributed by atoms with Crippen molar-refractivity contribution in [2.75, 3.05) is 39.4 Å². The van der Waals surface area contributed by atoms with E-state index in [4.69, 9.17) is 14.5 Å². The largest absolute Gasteiger partial charge is 0.490 e. The van der Waals surface area contributed by atoms with Gasteiger partial charge in [-0.05, 0) is 57.2 Å². The summed E-state index contributed by atoms with van der Waals surface area (Å²) in [6.07, 6.45) is 7.85. The highest BCUT2D eigenvalue weighted by Gasteiger charge is 2.28. The monoisotopic (exact) mass is 555 g/mol. The van der Waals surface area contributed by atoms with Gasteiger partial charge in [0.2, 0.25) is 0 Å². The molecule has 1 aliphatic rings. The highest BCUT2D eigenvalue weighted by Crippen LogP contribution is 2.29. The molecular weight excluding hydrogens is 517 g/mol. The second kappa shape index (κ2) is 13.5. The molecule has 0 aliphatic carbocycles. The van der Waals surface area contributed by atoms with Gasteiger partial charge in [-0.15, -0.1) is 24.0 Å². The Morgan fingerprint density at radius 2 is 1.97 bits per heavy atom. The first-order valence-corrected chi connectivity index (χ1v) is 11.5. The van der Waals surface area contributed by atoms with Crippen molar-refractivity contribution in [1.29, 1.82) is 0 Å². The number of hydrogen-bond donors (Lipinski definition) is 1. The van der Waals surface area contributed by atoms with Gasteiger partial charge in [-0.3, -0.25) is 4.99 Å². The maximum absolute atomic E-state index is 5.76. The van der Waals surface area contributed by atoms with Crippen LogP contribution in [0.2, 0.25) is 0 Å². The van der Waals surface area contributed by atoms with Crippen LogP contribution in [0.1, 0.15) is 45.7 Å². The Morgan fingerprint density at radius 3 is 2.66 bits per heavy atom. The molecule has 1 aromatic heterocycles. The number of imidazole rings is 1. The van der Waals surface area contributed by atoms with Crippen LogP contribution < -0.4 is 14.8 Å². The van der Waals surface area contributed by atoms with Crippen LogP contribution in [0.15, 0.2) is 41.9 Å². The van der Waals surface area contributed by atoms with Gasteiger partial charge in [0, 0.05) is 38.6 Å². The summed E-state index contributed by atoms with van der Waals surface area (Å²) in [6, 6.07) is 6.60. The number of halogens is 1. The number of benzene rings is 1. The normalized spacial score (nSPS) is 18.8. The Hall–Kier alpha value is -1.97. The van der Waals surface area contributed by atoms with Crippen LogP contribution in [-0.4, -0.2) is 59.8 Å². The van der Waals surface area contributed by atoms with Crippen molar-refractivity contribution in [1.82, 2.24) is 19.8 Å². The quantitative estimate of drug-likeness (QED) is 0.283. The molecule has 0 amide bonds. The van der Waals surface area contributed by atoms with E-state index in [1.807, 2.05) is 32.4 Å². The van der Waals surface area contributed by atoms with Crippen molar-refractivity contribution in [3.8, 4) is 11.5 Å². The number of aliphatic imine (C=N–C) groups is 1. The van der Waals surface area contributed by atoms with Crippen LogP contribution in [-0.2, 0) is 6.42 Å². The van der Waals surface area contributed by atoms with Crippen LogP contribution >= 0.6 is 24.0 Å². The van der Waals surface area contributed by atoms with E-state index in [1.165, 1.54) is 5.56 Å². The minimum absolute atomic E-state index is 0. The maximum atomic E-state index is 5.76. The Labute approximate surface area is 209 Å². The zero-order valence-electron chi connectivity index (χ0n) is 19.8. The molecule has 1 saturated heterocycles. The van der Waals surface area contributed by atoms with E-state index in [9.17, 15) is 0 Å². The second-order valence-corrected chi connectivity index (χ2v) is 7.92. The zero-order chi connectivity index (χ0) is 22.1. The van der Waals surface area contributed by atoms with Crippen LogP contribution in [0.3, 0.4) is 0 Å². The number of ether oxygens (including phenoxy) is 2. The fourth-order valence-electron chi connectivity index (χ4n) is 4.06. The lowest BCUT2D eigenvalue weighted by molar-refractivity contribution is 0.189. The van der Waals surface area contributed by atoms with Crippen LogP contribution in [0, 0.1) is 5.92 Å². The van der Waals surface area contributed by atoms with Crippen LogP contribution in [0.25, 0.3) is 0 Å². The molecule has 2 unspecified atom stereocenters. The molecule has 3 rings (SSSR count). The van der Waals surface area contributed by atoms with Crippen molar-refractivity contribution in [3.05, 3.63) is 42.5 Å². The third kappa shape index (κ3) is 7.02. The van der Waals surface area contributed by atoms with E-state index in [2.05, 4.69) is 51.9 Å². The highest BCUT2D eigenvalue weighted by molar-refractivity contribution is 14.0. The Morgan fingerprint density at radius 1 is 1.19 bits per heavy atom. The fourth-order valence-corrected chi connectivity index (χ4v) is 4.06. The number of nitrogens with one attached hydrogen (secondary N) is 1. The lowest BCUT2D eigenvalue weighted by atomic mass is 9.93. The van der Waals surface area contributed by atoms with Crippen molar-refractivity contribution >= 4 is 29.9 Å². The summed E-state index contributed by atoms with van der Waals surface area (Å²) in [6.45, 7) is 13.2. The summed E-state index contributed by atoms with van der Waals surface area (Å²) in [4.78, 5) is 11.6. The van der Waals surface area contributed by atoms with Gasteiger partial charge >= 0.3 is 0 Å². The molecule has 178 valence electrons. The number of rotatable bonds is 9. The third-order valence-electron chi connectivity index (χ3n) is 5.73. The SMILES string of the molecule is CCNC(=NCCc1ccc(OCC)c(OCC)c1)N1CCC(C)C(n2ccnc2)C1.I. The van der Waals surface area contributed by atoms with Crippen LogP contribution in [0.4, 0.5) is 0 Å². The molecule has 0 saturated carbocycles. The molecular formula is C24H38IN5O2. The van der Waals surface area contributed by atoms with Gasteiger partial charge in [0.25, 0.3) is 0 Å². The van der Waals surface area contributed by atoms with Gasteiger partial charge < -0.3 is 24.3 Å². The number of likely N-dealkylation sites (tertiary alicyclic amines) is 1. The summed E-state index contributed by atoms with van der Waals surface area (Å²) >= 11 is 0. The van der Waals surface area contributed by atoms with Gasteiger partial charge in [0.1, 0.15) is 0 Å². The summed E-state index contributed by atoms with van der Waals surface area (Å²) < 4.78 is 13.7. The van der Waals surface area contributed by atoms with E-state index >= 15 is 0 Å². The predicted molar refractivity (Wildman–Crippen MR) is 140 cm³/mol. The molecule has 1 fully saturated rings. The van der Waals surface area contributed by atoms with Crippen molar-refractivity contribution in [2.45, 2.75) is 46.6 Å². The minimum atomic E-state index is 0. The molecule has 0 bridgehead atoms. The number of piperidine rings is 1. The van der Waals surface area contributed by atoms with E-state index in [1.54, 1.807) is 0 Å². The summed E-state index contributed by atoms with van der Waals surface area (Å²) in [5, 5.41) is 3.48. The van der Waals surface area contributed by atoms with Crippen molar-refractivity contribution in [2.24, 2.45) is 10.9 Å². The predicted octanol–water partition coefficient (Wildman–Crippen LogP) is 4.39. The molecule has 2 atom stereocenters. The summed E-state index contributed by atoms with van der Waals surface area (Å²) in [5.41, 5.74) is 1.20. The molecule has 7 nitrogen and oxygen atoms in total. The van der Waals surface area contributed by atoms with E-state index in [0.29, 0.717) is 25.2 Å². The molecule has 1 aliphatic heterocycles. The van der Waals surface area contributed by atoms with Crippen molar-refractivity contribution in [3.63, 3.8) is 0 Å². The van der Waals surface area contributed by atoms with Gasteiger partial charge in [0.05, 0.1) is 25.6 Å². The summed E-state index contributed by atoms with van der Waals surface area (Å²) in [7, 11) is 0. The molecule has 0 spiro atoms. The molecule has 32 heavy (non-hydrogen) atoms. The molecule has 2 heterocycles. The van der Waals surface area contributed by atoms with Crippen molar-refractivity contribution < 1.29 is 9.47 Å². The van der Waals surface area contributed by atoms with Gasteiger partial charge in [-0.2, -0.15) is 0 Å². The number of nitrogens with zero attached hydrogens (tertiary/aromatic N) is 4. The van der Waals surface area contributed by atoms with E-state index in [-0.39, 0.29) is 24.0 Å². The molecule has 1 aromatic carbocycles. The Kier molecular flexibility index (Phi) is 11.1. The Balaban J connectivity index is 0.00000363. The number of aromatic nitrogens is 2. The second-order valence-electron chi connectivity index (χ2n) is 7.92. The van der Waals surface area contributed by atoms with E-state index in [0.717, 1.165) is 56.5 Å². The average Bonchev–Trinajstić information content (AvgIpc) is 3.30. The lowest BCUT2D eigenvalue weighted by Crippen LogP contribution is -2.49. The first kappa shape index (κ1) is 26.3. The fraction of sp³-hybridized carbons (Fsp3) is 0.583. The first-order chi connectivity index (χ1) is 15.2. The van der Waals surface area contributed by atoms with Gasteiger partial charge in [-0.25, -0.2) is 4.98 Å². The van der Waals surface area contributed by atoms with Gasteiger partial charge in [0.15, 0.2) is 17.5 Å². The Bertz CT molecular complexity index is 828.